The minimum atomic E-state index is -0.641. The molecule has 0 aromatic heterocycles. The van der Waals surface area contributed by atoms with Crippen molar-refractivity contribution >= 4 is 46.3 Å². The second kappa shape index (κ2) is 9.49. The summed E-state index contributed by atoms with van der Waals surface area (Å²) in [7, 11) is 0. The zero-order valence-electron chi connectivity index (χ0n) is 20.6. The molecule has 0 bridgehead atoms. The SMILES string of the molecule is CC(C)N1c2ccc(/C=C3\SC(=O)N(CC(=O)Nc4ccccc4F)C3=O)cc2[C@@H](C)CC1(C)C. The van der Waals surface area contributed by atoms with E-state index in [-0.39, 0.29) is 16.1 Å². The van der Waals surface area contributed by atoms with Gasteiger partial charge in [-0.3, -0.25) is 19.3 Å². The van der Waals surface area contributed by atoms with Crippen molar-refractivity contribution in [2.75, 3.05) is 16.8 Å². The number of carbonyl (C=O) groups is 3. The number of rotatable bonds is 5. The molecule has 8 heteroatoms. The Balaban J connectivity index is 1.53. The number of anilines is 2. The number of amides is 3. The number of nitrogens with one attached hydrogen (secondary N) is 1. The molecule has 1 fully saturated rings. The molecule has 6 nitrogen and oxygen atoms in total. The van der Waals surface area contributed by atoms with E-state index in [4.69, 9.17) is 0 Å². The van der Waals surface area contributed by atoms with Gasteiger partial charge in [-0.25, -0.2) is 4.39 Å². The predicted molar refractivity (Wildman–Crippen MR) is 139 cm³/mol. The molecule has 35 heavy (non-hydrogen) atoms. The highest BCUT2D eigenvalue weighted by atomic mass is 32.2. The highest BCUT2D eigenvalue weighted by molar-refractivity contribution is 8.18. The van der Waals surface area contributed by atoms with Crippen LogP contribution in [0.25, 0.3) is 6.08 Å². The minimum Gasteiger partial charge on any atom is -0.364 e. The van der Waals surface area contributed by atoms with Crippen molar-refractivity contribution < 1.29 is 18.8 Å². The average molecular weight is 496 g/mol. The van der Waals surface area contributed by atoms with Gasteiger partial charge in [0.1, 0.15) is 12.4 Å². The van der Waals surface area contributed by atoms with Gasteiger partial charge in [0, 0.05) is 17.3 Å². The number of hydrogen-bond donors (Lipinski definition) is 1. The van der Waals surface area contributed by atoms with E-state index in [1.807, 2.05) is 6.07 Å². The summed E-state index contributed by atoms with van der Waals surface area (Å²) in [6, 6.07) is 12.2. The molecule has 0 aliphatic carbocycles. The number of halogens is 1. The van der Waals surface area contributed by atoms with Gasteiger partial charge < -0.3 is 10.2 Å². The molecule has 0 unspecified atom stereocenters. The molecule has 2 heterocycles. The summed E-state index contributed by atoms with van der Waals surface area (Å²) in [4.78, 5) is 41.3. The number of benzene rings is 2. The molecular formula is C27H30FN3O3S. The molecule has 3 amide bonds. The molecule has 0 spiro atoms. The molecule has 2 aliphatic rings. The lowest BCUT2D eigenvalue weighted by Gasteiger charge is -2.50. The lowest BCUT2D eigenvalue weighted by atomic mass is 9.79. The van der Waals surface area contributed by atoms with Gasteiger partial charge in [-0.05, 0) is 93.3 Å². The molecule has 184 valence electrons. The molecule has 1 saturated heterocycles. The van der Waals surface area contributed by atoms with Gasteiger partial charge in [0.25, 0.3) is 11.1 Å². The Morgan fingerprint density at radius 2 is 1.94 bits per heavy atom. The van der Waals surface area contributed by atoms with E-state index in [9.17, 15) is 18.8 Å². The second-order valence-electron chi connectivity index (χ2n) is 10.00. The van der Waals surface area contributed by atoms with E-state index < -0.39 is 29.4 Å². The Hall–Kier alpha value is -3.13. The largest absolute Gasteiger partial charge is 0.364 e. The van der Waals surface area contributed by atoms with Crippen LogP contribution in [0.2, 0.25) is 0 Å². The first-order chi connectivity index (χ1) is 16.5. The number of nitrogens with zero attached hydrogens (tertiary/aromatic N) is 2. The maximum Gasteiger partial charge on any atom is 0.294 e. The van der Waals surface area contributed by atoms with E-state index >= 15 is 0 Å². The van der Waals surface area contributed by atoms with Gasteiger partial charge in [0.05, 0.1) is 10.6 Å². The first-order valence-corrected chi connectivity index (χ1v) is 12.5. The van der Waals surface area contributed by atoms with Gasteiger partial charge in [-0.15, -0.1) is 0 Å². The smallest absolute Gasteiger partial charge is 0.294 e. The van der Waals surface area contributed by atoms with Crippen LogP contribution in [0.15, 0.2) is 47.4 Å². The Morgan fingerprint density at radius 3 is 2.63 bits per heavy atom. The van der Waals surface area contributed by atoms with E-state index in [0.717, 1.165) is 28.6 Å². The van der Waals surface area contributed by atoms with Crippen LogP contribution in [-0.4, -0.2) is 40.1 Å². The molecule has 1 N–H and O–H groups in total. The van der Waals surface area contributed by atoms with Crippen molar-refractivity contribution in [2.24, 2.45) is 0 Å². The molecule has 0 saturated carbocycles. The summed E-state index contributed by atoms with van der Waals surface area (Å²) in [5, 5.41) is 1.88. The molecule has 2 aromatic rings. The lowest BCUT2D eigenvalue weighted by molar-refractivity contribution is -0.127. The maximum atomic E-state index is 13.8. The first-order valence-electron chi connectivity index (χ1n) is 11.7. The minimum absolute atomic E-state index is 0.00168. The van der Waals surface area contributed by atoms with Crippen LogP contribution in [0.3, 0.4) is 0 Å². The van der Waals surface area contributed by atoms with Crippen LogP contribution in [0, 0.1) is 5.82 Å². The van der Waals surface area contributed by atoms with Crippen molar-refractivity contribution in [2.45, 2.75) is 58.5 Å². The van der Waals surface area contributed by atoms with Crippen molar-refractivity contribution in [1.82, 2.24) is 4.90 Å². The van der Waals surface area contributed by atoms with Crippen molar-refractivity contribution in [1.29, 1.82) is 0 Å². The van der Waals surface area contributed by atoms with E-state index in [2.05, 4.69) is 57.0 Å². The fourth-order valence-electron chi connectivity index (χ4n) is 5.22. The zero-order chi connectivity index (χ0) is 25.5. The summed E-state index contributed by atoms with van der Waals surface area (Å²) >= 11 is 0.806. The van der Waals surface area contributed by atoms with Crippen LogP contribution in [0.5, 0.6) is 0 Å². The maximum absolute atomic E-state index is 13.8. The van der Waals surface area contributed by atoms with Crippen LogP contribution in [0.1, 0.15) is 58.1 Å². The Bertz CT molecular complexity index is 1220. The summed E-state index contributed by atoms with van der Waals surface area (Å²) in [6.07, 6.45) is 2.71. The second-order valence-corrected chi connectivity index (χ2v) is 11.0. The van der Waals surface area contributed by atoms with Crippen LogP contribution in [0.4, 0.5) is 20.6 Å². The third-order valence-electron chi connectivity index (χ3n) is 6.44. The summed E-state index contributed by atoms with van der Waals surface area (Å²) in [5.41, 5.74) is 3.28. The van der Waals surface area contributed by atoms with Crippen molar-refractivity contribution in [3.63, 3.8) is 0 Å². The van der Waals surface area contributed by atoms with Crippen LogP contribution < -0.4 is 10.2 Å². The van der Waals surface area contributed by atoms with Gasteiger partial charge in [-0.2, -0.15) is 0 Å². The molecule has 4 rings (SSSR count). The van der Waals surface area contributed by atoms with Gasteiger partial charge in [0.2, 0.25) is 5.91 Å². The third-order valence-corrected chi connectivity index (χ3v) is 7.34. The van der Waals surface area contributed by atoms with Crippen molar-refractivity contribution in [3.05, 3.63) is 64.3 Å². The number of hydrogen-bond acceptors (Lipinski definition) is 5. The summed E-state index contributed by atoms with van der Waals surface area (Å²) in [6.45, 7) is 10.6. The molecule has 2 aromatic carbocycles. The fourth-order valence-corrected chi connectivity index (χ4v) is 6.06. The van der Waals surface area contributed by atoms with E-state index in [1.54, 1.807) is 12.1 Å². The highest BCUT2D eigenvalue weighted by Gasteiger charge is 2.38. The Labute approximate surface area is 209 Å². The predicted octanol–water partition coefficient (Wildman–Crippen LogP) is 6.00. The summed E-state index contributed by atoms with van der Waals surface area (Å²) < 4.78 is 13.8. The number of imide groups is 1. The lowest BCUT2D eigenvalue weighted by Crippen LogP contribution is -2.51. The molecule has 2 aliphatic heterocycles. The number of para-hydroxylation sites is 1. The normalized spacial score (nSPS) is 20.5. The topological polar surface area (TPSA) is 69.7 Å². The quantitative estimate of drug-likeness (QED) is 0.515. The Kier molecular flexibility index (Phi) is 6.77. The third kappa shape index (κ3) is 4.98. The fraction of sp³-hybridized carbons (Fsp3) is 0.370. The van der Waals surface area contributed by atoms with E-state index in [1.165, 1.54) is 29.4 Å². The van der Waals surface area contributed by atoms with Gasteiger partial charge in [0.15, 0.2) is 0 Å². The standard InChI is InChI=1S/C27H30FN3O3S/c1-16(2)31-22-11-10-18(12-19(22)17(3)14-27(31,4)5)13-23-25(33)30(26(34)35-23)15-24(32)29-21-9-7-6-8-20(21)28/h6-13,16-17H,14-15H2,1-5H3,(H,29,32)/b23-13-/t17-/m0/s1. The zero-order valence-corrected chi connectivity index (χ0v) is 21.4. The van der Waals surface area contributed by atoms with Gasteiger partial charge in [-0.1, -0.05) is 25.1 Å². The monoisotopic (exact) mass is 495 g/mol. The van der Waals surface area contributed by atoms with E-state index in [0.29, 0.717) is 12.0 Å². The average Bonchev–Trinajstić information content (AvgIpc) is 3.02. The first kappa shape index (κ1) is 25.0. The number of carbonyl (C=O) groups excluding carboxylic acids is 3. The van der Waals surface area contributed by atoms with Crippen molar-refractivity contribution in [3.8, 4) is 0 Å². The van der Waals surface area contributed by atoms with Gasteiger partial charge >= 0.3 is 0 Å². The summed E-state index contributed by atoms with van der Waals surface area (Å²) in [5.74, 6) is -1.41. The van der Waals surface area contributed by atoms with Crippen LogP contribution in [-0.2, 0) is 9.59 Å². The molecular weight excluding hydrogens is 465 g/mol. The molecule has 0 radical (unpaired) electrons. The highest BCUT2D eigenvalue weighted by Crippen LogP contribution is 2.45. The number of fused-ring (bicyclic) bond motifs is 1. The Morgan fingerprint density at radius 1 is 1.23 bits per heavy atom. The number of thioether (sulfide) groups is 1. The van der Waals surface area contributed by atoms with Crippen LogP contribution >= 0.6 is 11.8 Å². The molecule has 1 atom stereocenters.